The molecule has 9 heteroatoms. The molecular weight excluding hydrogens is 420 g/mol. The Morgan fingerprint density at radius 3 is 2.96 bits per heavy atom. The number of halogens is 2. The molecule has 3 rings (SSSR count). The normalized spacial score (nSPS) is 11.0. The number of aromatic hydroxyl groups is 1. The van der Waals surface area contributed by atoms with Crippen LogP contribution in [0.1, 0.15) is 21.7 Å². The number of hydrogen-bond donors (Lipinski definition) is 1. The lowest BCUT2D eigenvalue weighted by molar-refractivity contribution is 0.0464. The molecule has 0 saturated heterocycles. The van der Waals surface area contributed by atoms with Crippen LogP contribution in [0.2, 0.25) is 5.02 Å². The molecule has 2 aromatic heterocycles. The van der Waals surface area contributed by atoms with Crippen molar-refractivity contribution >= 4 is 49.8 Å². The fraction of sp³-hybridized carbons (Fsp3) is 0.133. The summed E-state index contributed by atoms with van der Waals surface area (Å²) >= 11 is 10.3. The number of benzene rings is 1. The average molecular weight is 430 g/mol. The van der Waals surface area contributed by atoms with Crippen molar-refractivity contribution in [3.05, 3.63) is 60.4 Å². The van der Waals surface area contributed by atoms with Gasteiger partial charge in [-0.05, 0) is 35.0 Å². The van der Waals surface area contributed by atoms with Gasteiger partial charge in [-0.2, -0.15) is 0 Å². The van der Waals surface area contributed by atoms with Crippen molar-refractivity contribution in [3.63, 3.8) is 0 Å². The molecule has 0 aliphatic carbocycles. The van der Waals surface area contributed by atoms with Crippen molar-refractivity contribution in [3.8, 4) is 5.75 Å². The maximum atomic E-state index is 12.1. The lowest BCUT2D eigenvalue weighted by Gasteiger charge is -2.08. The largest absolute Gasteiger partial charge is 0.506 e. The Balaban J connectivity index is 1.83. The zero-order chi connectivity index (χ0) is 17.4. The van der Waals surface area contributed by atoms with E-state index in [4.69, 9.17) is 16.3 Å². The van der Waals surface area contributed by atoms with Gasteiger partial charge in [0.25, 0.3) is 5.56 Å². The molecule has 0 unspecified atom stereocenters. The summed E-state index contributed by atoms with van der Waals surface area (Å²) in [5, 5.41) is 12.0. The first-order chi connectivity index (χ1) is 11.4. The van der Waals surface area contributed by atoms with Gasteiger partial charge < -0.3 is 9.84 Å². The quantitative estimate of drug-likeness (QED) is 0.644. The fourth-order valence-electron chi connectivity index (χ4n) is 2.11. The van der Waals surface area contributed by atoms with Gasteiger partial charge >= 0.3 is 5.97 Å². The number of aryl methyl sites for hydroxylation is 1. The number of carbonyl (C=O) groups is 1. The first-order valence-corrected chi connectivity index (χ1v) is 8.74. The smallest absolute Gasteiger partial charge is 0.342 e. The number of rotatable bonds is 3. The minimum absolute atomic E-state index is 0.0702. The number of phenols is 1. The predicted octanol–water partition coefficient (Wildman–Crippen LogP) is 3.54. The molecule has 0 aliphatic heterocycles. The van der Waals surface area contributed by atoms with Crippen molar-refractivity contribution in [2.75, 3.05) is 0 Å². The third-order valence-electron chi connectivity index (χ3n) is 3.23. The minimum atomic E-state index is -0.764. The van der Waals surface area contributed by atoms with E-state index >= 15 is 0 Å². The highest BCUT2D eigenvalue weighted by Gasteiger charge is 2.17. The number of hydrogen-bond acceptors (Lipinski definition) is 6. The van der Waals surface area contributed by atoms with Crippen LogP contribution in [-0.2, 0) is 11.3 Å². The lowest BCUT2D eigenvalue weighted by Crippen LogP contribution is -2.16. The number of thiazole rings is 1. The Morgan fingerprint density at radius 2 is 2.21 bits per heavy atom. The molecule has 0 fully saturated rings. The van der Waals surface area contributed by atoms with E-state index < -0.39 is 5.97 Å². The van der Waals surface area contributed by atoms with Crippen LogP contribution in [0.3, 0.4) is 0 Å². The van der Waals surface area contributed by atoms with Gasteiger partial charge in [0.15, 0.2) is 4.96 Å². The molecule has 24 heavy (non-hydrogen) atoms. The van der Waals surface area contributed by atoms with E-state index in [1.54, 1.807) is 0 Å². The number of carbonyl (C=O) groups excluding carboxylic acids is 1. The second-order valence-electron chi connectivity index (χ2n) is 4.94. The summed E-state index contributed by atoms with van der Waals surface area (Å²) in [5.41, 5.74) is 0.817. The van der Waals surface area contributed by atoms with Gasteiger partial charge in [0, 0.05) is 22.2 Å². The highest BCUT2D eigenvalue weighted by molar-refractivity contribution is 9.10. The summed E-state index contributed by atoms with van der Waals surface area (Å²) in [7, 11) is 0. The van der Waals surface area contributed by atoms with Gasteiger partial charge in [0.05, 0.1) is 10.2 Å². The van der Waals surface area contributed by atoms with Crippen LogP contribution in [-0.4, -0.2) is 20.5 Å². The van der Waals surface area contributed by atoms with E-state index in [2.05, 4.69) is 20.9 Å². The molecule has 0 spiro atoms. The maximum absolute atomic E-state index is 12.1. The van der Waals surface area contributed by atoms with Gasteiger partial charge in [0.1, 0.15) is 17.9 Å². The SMILES string of the molecule is Cc1csc2nc(COC(=O)c3cc(Cl)cc(Br)c3O)cc(=O)n12. The van der Waals surface area contributed by atoms with E-state index in [0.29, 0.717) is 10.7 Å². The standard InChI is InChI=1S/C15H10BrClN2O4S/c1-7-6-24-15-18-9(4-12(20)19(7)15)5-23-14(22)10-2-8(17)3-11(16)13(10)21/h2-4,6,21H,5H2,1H3. The molecule has 0 radical (unpaired) electrons. The second kappa shape index (κ2) is 6.54. The van der Waals surface area contributed by atoms with Crippen molar-refractivity contribution in [2.45, 2.75) is 13.5 Å². The van der Waals surface area contributed by atoms with Crippen LogP contribution in [0, 0.1) is 6.92 Å². The molecule has 0 amide bonds. The molecule has 1 aromatic carbocycles. The number of aromatic nitrogens is 2. The predicted molar refractivity (Wildman–Crippen MR) is 94.0 cm³/mol. The lowest BCUT2D eigenvalue weighted by atomic mass is 10.2. The van der Waals surface area contributed by atoms with Crippen LogP contribution >= 0.6 is 38.9 Å². The molecule has 0 aliphatic rings. The molecule has 0 atom stereocenters. The highest BCUT2D eigenvalue weighted by Crippen LogP contribution is 2.32. The van der Waals surface area contributed by atoms with Crippen LogP contribution in [0.25, 0.3) is 4.96 Å². The van der Waals surface area contributed by atoms with E-state index in [1.807, 2.05) is 12.3 Å². The number of nitrogens with zero attached hydrogens (tertiary/aromatic N) is 2. The molecule has 0 saturated carbocycles. The molecule has 1 N–H and O–H groups in total. The van der Waals surface area contributed by atoms with Crippen LogP contribution in [0.15, 0.2) is 32.8 Å². The van der Waals surface area contributed by atoms with Crippen LogP contribution < -0.4 is 5.56 Å². The Kier molecular flexibility index (Phi) is 4.62. The Morgan fingerprint density at radius 1 is 1.46 bits per heavy atom. The van der Waals surface area contributed by atoms with Gasteiger partial charge in [-0.3, -0.25) is 9.20 Å². The van der Waals surface area contributed by atoms with Crippen molar-refractivity contribution in [1.82, 2.24) is 9.38 Å². The topological polar surface area (TPSA) is 80.9 Å². The summed E-state index contributed by atoms with van der Waals surface area (Å²) in [5.74, 6) is -1.03. The van der Waals surface area contributed by atoms with Gasteiger partial charge in [0.2, 0.25) is 0 Å². The Bertz CT molecular complexity index is 1010. The molecule has 3 aromatic rings. The van der Waals surface area contributed by atoms with Gasteiger partial charge in [-0.25, -0.2) is 9.78 Å². The van der Waals surface area contributed by atoms with Crippen LogP contribution in [0.4, 0.5) is 0 Å². The molecule has 0 bridgehead atoms. The number of esters is 1. The Labute approximate surface area is 153 Å². The highest BCUT2D eigenvalue weighted by atomic mass is 79.9. The monoisotopic (exact) mass is 428 g/mol. The van der Waals surface area contributed by atoms with E-state index in [9.17, 15) is 14.7 Å². The second-order valence-corrected chi connectivity index (χ2v) is 7.07. The summed E-state index contributed by atoms with van der Waals surface area (Å²) < 4.78 is 6.90. The zero-order valence-electron chi connectivity index (χ0n) is 12.2. The van der Waals surface area contributed by atoms with Crippen LogP contribution in [0.5, 0.6) is 5.75 Å². The summed E-state index contributed by atoms with van der Waals surface area (Å²) in [6.45, 7) is 1.62. The molecule has 124 valence electrons. The Hall–Kier alpha value is -1.90. The third kappa shape index (κ3) is 3.17. The van der Waals surface area contributed by atoms with Gasteiger partial charge in [-0.15, -0.1) is 11.3 Å². The maximum Gasteiger partial charge on any atom is 0.342 e. The first-order valence-electron chi connectivity index (χ1n) is 6.68. The molecular formula is C15H10BrClN2O4S. The third-order valence-corrected chi connectivity index (χ3v) is 4.99. The summed E-state index contributed by atoms with van der Waals surface area (Å²) in [4.78, 5) is 29.0. The molecule has 2 heterocycles. The van der Waals surface area contributed by atoms with Crippen molar-refractivity contribution in [2.24, 2.45) is 0 Å². The van der Waals surface area contributed by atoms with Gasteiger partial charge in [-0.1, -0.05) is 11.6 Å². The summed E-state index contributed by atoms with van der Waals surface area (Å²) in [6.07, 6.45) is 0. The zero-order valence-corrected chi connectivity index (χ0v) is 15.4. The first kappa shape index (κ1) is 16.9. The minimum Gasteiger partial charge on any atom is -0.506 e. The average Bonchev–Trinajstić information content (AvgIpc) is 2.90. The van der Waals surface area contributed by atoms with E-state index in [0.717, 1.165) is 5.69 Å². The van der Waals surface area contributed by atoms with Crippen molar-refractivity contribution < 1.29 is 14.6 Å². The van der Waals surface area contributed by atoms with E-state index in [-0.39, 0.29) is 33.0 Å². The fourth-order valence-corrected chi connectivity index (χ4v) is 3.81. The summed E-state index contributed by atoms with van der Waals surface area (Å²) in [6, 6.07) is 4.08. The van der Waals surface area contributed by atoms with E-state index in [1.165, 1.54) is 33.9 Å². The molecule has 6 nitrogen and oxygen atoms in total. The van der Waals surface area contributed by atoms with Crippen molar-refractivity contribution in [1.29, 1.82) is 0 Å². The number of fused-ring (bicyclic) bond motifs is 1. The number of phenolic OH excluding ortho intramolecular Hbond substituents is 1. The number of ether oxygens (including phenoxy) is 1.